The Morgan fingerprint density at radius 3 is 0.975 bits per heavy atom. The fourth-order valence-electron chi connectivity index (χ4n) is 1.67. The van der Waals surface area contributed by atoms with Gasteiger partial charge in [-0.1, -0.05) is 130 Å². The summed E-state index contributed by atoms with van der Waals surface area (Å²) in [6, 6.07) is 0. The van der Waals surface area contributed by atoms with E-state index in [2.05, 4.69) is 95.6 Å². The van der Waals surface area contributed by atoms with Crippen LogP contribution >= 0.6 is 181 Å². The Morgan fingerprint density at radius 2 is 0.775 bits per heavy atom. The summed E-state index contributed by atoms with van der Waals surface area (Å²) in [4.78, 5) is 0.111. The van der Waals surface area contributed by atoms with Crippen LogP contribution in [0.1, 0.15) is 19.3 Å². The zero-order valence-electron chi connectivity index (χ0n) is 20.6. The van der Waals surface area contributed by atoms with Gasteiger partial charge in [-0.05, 0) is 0 Å². The number of alkyl halides is 12. The van der Waals surface area contributed by atoms with Gasteiger partial charge in [-0.3, -0.25) is 27.1 Å². The van der Waals surface area contributed by atoms with E-state index in [1.165, 1.54) is 0 Å². The van der Waals surface area contributed by atoms with E-state index in [1.54, 1.807) is 0 Å². The summed E-state index contributed by atoms with van der Waals surface area (Å²) in [5, 5.41) is 2.04. The van der Waals surface area contributed by atoms with Crippen molar-refractivity contribution in [1.29, 1.82) is 0 Å². The lowest BCUT2D eigenvalue weighted by Gasteiger charge is -2.24. The van der Waals surface area contributed by atoms with Crippen molar-refractivity contribution in [3.8, 4) is 0 Å². The first-order valence-electron chi connectivity index (χ1n) is 11.1. The van der Waals surface area contributed by atoms with E-state index in [9.17, 15) is 9.13 Å². The molecule has 0 heterocycles. The normalized spacial score (nSPS) is 19.3. The van der Waals surface area contributed by atoms with E-state index in [0.29, 0.717) is 16.0 Å². The second-order valence-corrected chi connectivity index (χ2v) is 18.6. The van der Waals surface area contributed by atoms with Gasteiger partial charge in [0.15, 0.2) is 0 Å². The molecule has 0 aliphatic heterocycles. The minimum Gasteiger partial charge on any atom is -0.286 e. The maximum absolute atomic E-state index is 12.5. The second-order valence-electron chi connectivity index (χ2n) is 7.02. The molecule has 0 spiro atoms. The zero-order chi connectivity index (χ0) is 31.2. The molecule has 0 bridgehead atoms. The summed E-state index contributed by atoms with van der Waals surface area (Å²) in [5.41, 5.74) is -2.88. The fraction of sp³-hybridized carbons (Fsp3) is 1.00. The molecule has 0 N–H and O–H groups in total. The van der Waals surface area contributed by atoms with Crippen LogP contribution in [0, 0.1) is 0 Å². The van der Waals surface area contributed by atoms with Gasteiger partial charge in [0.25, 0.3) is 0 Å². The van der Waals surface area contributed by atoms with Crippen LogP contribution in [0.2, 0.25) is 0 Å². The molecular weight excluding hydrogens is 1100 g/mol. The standard InChI is InChI=1S/C9H15Br6O4P.C9H15Cl6O4P/c10-1-7(13)4-17-20(16,18-5-8(14)2-11)19-6-9(15)3-12;10-4-1-7(13)17-20(16,18-8(14)2-5-11)19-9(15)3-6-12/h2*7-9H,1-6H2. The summed E-state index contributed by atoms with van der Waals surface area (Å²) >= 11 is 54.0. The van der Waals surface area contributed by atoms with Gasteiger partial charge in [-0.2, -0.15) is 0 Å². The van der Waals surface area contributed by atoms with Crippen molar-refractivity contribution in [3.05, 3.63) is 0 Å². The van der Waals surface area contributed by atoms with Crippen molar-refractivity contribution in [2.45, 2.75) is 50.4 Å². The third-order valence-corrected chi connectivity index (χ3v) is 15.1. The Bertz CT molecular complexity index is 634. The predicted octanol–water partition coefficient (Wildman–Crippen LogP) is 11.3. The van der Waals surface area contributed by atoms with Crippen LogP contribution in [-0.4, -0.2) is 84.6 Å². The lowest BCUT2D eigenvalue weighted by atomic mass is 10.5. The van der Waals surface area contributed by atoms with E-state index in [4.69, 9.17) is 96.7 Å². The Morgan fingerprint density at radius 1 is 0.525 bits per heavy atom. The van der Waals surface area contributed by atoms with E-state index in [0.717, 1.165) is 0 Å². The topological polar surface area (TPSA) is 89.5 Å². The summed E-state index contributed by atoms with van der Waals surface area (Å²) in [6.45, 7) is 0.682. The molecule has 8 nitrogen and oxygen atoms in total. The SMILES string of the molecule is O=P(OC(Cl)CCCl)(OC(Cl)CCCl)OC(Cl)CCCl.O=P(OCC(Br)CBr)(OCC(Br)CBr)OCC(Br)CBr. The minimum atomic E-state index is -4.05. The Hall–Kier alpha value is 4.84. The molecule has 22 heteroatoms. The molecule has 0 aromatic heterocycles. The molecule has 0 fully saturated rings. The average Bonchev–Trinajstić information content (AvgIpc) is 2.89. The van der Waals surface area contributed by atoms with Crippen molar-refractivity contribution in [1.82, 2.24) is 0 Å². The first-order valence-corrected chi connectivity index (χ1v) is 23.1. The van der Waals surface area contributed by atoms with E-state index >= 15 is 0 Å². The van der Waals surface area contributed by atoms with Gasteiger partial charge >= 0.3 is 15.6 Å². The molecule has 0 aromatic rings. The smallest absolute Gasteiger partial charge is 0.286 e. The molecule has 40 heavy (non-hydrogen) atoms. The number of rotatable bonds is 24. The predicted molar refractivity (Wildman–Crippen MR) is 191 cm³/mol. The van der Waals surface area contributed by atoms with E-state index in [1.807, 2.05) is 0 Å². The zero-order valence-corrected chi connectivity index (χ0v) is 36.5. The minimum absolute atomic E-state index is 0.0370. The van der Waals surface area contributed by atoms with Gasteiger partial charge in [0.1, 0.15) is 16.7 Å². The lowest BCUT2D eigenvalue weighted by molar-refractivity contribution is 0.0832. The van der Waals surface area contributed by atoms with Crippen LogP contribution in [0.4, 0.5) is 0 Å². The van der Waals surface area contributed by atoms with Crippen LogP contribution in [0.25, 0.3) is 0 Å². The molecule has 244 valence electrons. The summed E-state index contributed by atoms with van der Waals surface area (Å²) in [5.74, 6) is 0.643. The quantitative estimate of drug-likeness (QED) is 0.0698. The number of phosphoric ester groups is 2. The average molecular weight is 1130 g/mol. The summed E-state index contributed by atoms with van der Waals surface area (Å²) < 4.78 is 56.1. The Kier molecular flexibility index (Phi) is 33.8. The van der Waals surface area contributed by atoms with Gasteiger partial charge in [0.05, 0.1) is 19.8 Å². The van der Waals surface area contributed by atoms with Crippen molar-refractivity contribution in [2.75, 3.05) is 53.5 Å². The highest BCUT2D eigenvalue weighted by molar-refractivity contribution is 9.12. The van der Waals surface area contributed by atoms with Crippen LogP contribution in [0.15, 0.2) is 0 Å². The van der Waals surface area contributed by atoms with Crippen molar-refractivity contribution < 1.29 is 36.3 Å². The van der Waals surface area contributed by atoms with E-state index in [-0.39, 0.29) is 71.2 Å². The molecule has 0 aliphatic rings. The van der Waals surface area contributed by atoms with Gasteiger partial charge < -0.3 is 0 Å². The van der Waals surface area contributed by atoms with Gasteiger partial charge in [-0.15, -0.1) is 34.8 Å². The highest BCUT2D eigenvalue weighted by atomic mass is 79.9. The maximum atomic E-state index is 12.5. The number of hydrogen-bond donors (Lipinski definition) is 0. The molecule has 6 atom stereocenters. The van der Waals surface area contributed by atoms with Crippen LogP contribution < -0.4 is 0 Å². The van der Waals surface area contributed by atoms with Crippen LogP contribution in [0.3, 0.4) is 0 Å². The monoisotopic (exact) mass is 1120 g/mol. The molecule has 0 saturated carbocycles. The van der Waals surface area contributed by atoms with E-state index < -0.39 is 32.3 Å². The highest BCUT2D eigenvalue weighted by Crippen LogP contribution is 2.55. The van der Waals surface area contributed by atoms with Crippen molar-refractivity contribution in [2.24, 2.45) is 0 Å². The maximum Gasteiger partial charge on any atom is 0.479 e. The third kappa shape index (κ3) is 26.9. The van der Waals surface area contributed by atoms with Crippen molar-refractivity contribution in [3.63, 3.8) is 0 Å². The summed E-state index contributed by atoms with van der Waals surface area (Å²) in [6.07, 6.45) is 0.722. The molecular formula is C18H30Br6Cl6O8P2. The Labute approximate surface area is 317 Å². The largest absolute Gasteiger partial charge is 0.479 e. The number of hydrogen-bond acceptors (Lipinski definition) is 8. The molecule has 0 rings (SSSR count). The fourth-order valence-corrected chi connectivity index (χ4v) is 7.99. The lowest BCUT2D eigenvalue weighted by Crippen LogP contribution is -2.17. The first-order chi connectivity index (χ1) is 18.7. The first kappa shape index (κ1) is 47.0. The molecule has 6 unspecified atom stereocenters. The number of phosphoric acid groups is 2. The van der Waals surface area contributed by atoms with Crippen molar-refractivity contribution >= 4 is 181 Å². The molecule has 0 saturated heterocycles. The molecule has 0 aromatic carbocycles. The van der Waals surface area contributed by atoms with Crippen LogP contribution in [0.5, 0.6) is 0 Å². The van der Waals surface area contributed by atoms with Gasteiger partial charge in [0, 0.05) is 67.4 Å². The van der Waals surface area contributed by atoms with Gasteiger partial charge in [0.2, 0.25) is 0 Å². The molecule has 0 aliphatic carbocycles. The van der Waals surface area contributed by atoms with Gasteiger partial charge in [-0.25, -0.2) is 9.13 Å². The molecule has 0 radical (unpaired) electrons. The number of halogens is 12. The molecule has 0 amide bonds. The third-order valence-electron chi connectivity index (χ3n) is 3.48. The second kappa shape index (κ2) is 28.8. The van der Waals surface area contributed by atoms with Crippen LogP contribution in [-0.2, 0) is 36.3 Å². The summed E-state index contributed by atoms with van der Waals surface area (Å²) in [7, 11) is -7.62. The Balaban J connectivity index is 0. The highest BCUT2D eigenvalue weighted by Gasteiger charge is 2.35.